The number of carboxylic acids is 2. The molecular weight excluding hydrogens is 773 g/mol. The molecule has 60 heavy (non-hydrogen) atoms. The molecule has 6 rings (SSSR count). The minimum absolute atomic E-state index is 0.137. The van der Waals surface area contributed by atoms with Gasteiger partial charge in [-0.2, -0.15) is 0 Å². The van der Waals surface area contributed by atoms with E-state index in [1.165, 1.54) is 24.3 Å². The summed E-state index contributed by atoms with van der Waals surface area (Å²) in [6, 6.07) is 27.6. The van der Waals surface area contributed by atoms with Crippen molar-refractivity contribution >= 4 is 75.7 Å². The number of benzene rings is 4. The van der Waals surface area contributed by atoms with Gasteiger partial charge in [-0.3, -0.25) is 28.8 Å². The number of carbonyl (C=O) groups excluding carboxylic acids is 5. The van der Waals surface area contributed by atoms with Gasteiger partial charge in [0.25, 0.3) is 23.6 Å². The molecule has 17 nitrogen and oxygen atoms in total. The molecule has 0 radical (unpaired) electrons. The van der Waals surface area contributed by atoms with Crippen LogP contribution in [0.4, 0.5) is 38.9 Å². The lowest BCUT2D eigenvalue weighted by molar-refractivity contribution is -0.137. The summed E-state index contributed by atoms with van der Waals surface area (Å²) in [5.74, 6) is -3.81. The number of amides is 6. The molecule has 8 N–H and O–H groups in total. The molecular formula is C43H38N8O9. The number of aliphatic carboxylic acids is 2. The molecule has 0 aliphatic carbocycles. The molecule has 4 aromatic carbocycles. The van der Waals surface area contributed by atoms with Crippen LogP contribution >= 0.6 is 0 Å². The molecule has 0 unspecified atom stereocenters. The van der Waals surface area contributed by atoms with E-state index in [2.05, 4.69) is 31.9 Å². The van der Waals surface area contributed by atoms with Gasteiger partial charge in [-0.1, -0.05) is 36.4 Å². The summed E-state index contributed by atoms with van der Waals surface area (Å²) in [5, 5.41) is 34.2. The van der Waals surface area contributed by atoms with E-state index in [-0.39, 0.29) is 35.4 Å². The molecule has 6 amide bonds. The third-order valence-corrected chi connectivity index (χ3v) is 8.89. The van der Waals surface area contributed by atoms with Gasteiger partial charge in [-0.05, 0) is 83.9 Å². The van der Waals surface area contributed by atoms with Crippen LogP contribution in [-0.2, 0) is 36.5 Å². The lowest BCUT2D eigenvalue weighted by atomic mass is 10.1. The number of aryl methyl sites for hydroxylation is 2. The van der Waals surface area contributed by atoms with Crippen molar-refractivity contribution in [1.29, 1.82) is 0 Å². The Bertz CT molecular complexity index is 2450. The predicted octanol–water partition coefficient (Wildman–Crippen LogP) is 6.27. The molecule has 0 atom stereocenters. The Labute approximate surface area is 342 Å². The van der Waals surface area contributed by atoms with Crippen molar-refractivity contribution in [3.05, 3.63) is 155 Å². The molecule has 2 heterocycles. The average molecular weight is 811 g/mol. The minimum Gasteiger partial charge on any atom is -0.481 e. The highest BCUT2D eigenvalue weighted by Crippen LogP contribution is 2.21. The number of aromatic nitrogens is 2. The Kier molecular flexibility index (Phi) is 12.5. The first-order valence-electron chi connectivity index (χ1n) is 18.2. The lowest BCUT2D eigenvalue weighted by Crippen LogP contribution is -2.20. The number of carboxylic acid groups (broad SMARTS) is 2. The van der Waals surface area contributed by atoms with Gasteiger partial charge in [0.2, 0.25) is 0 Å². The Morgan fingerprint density at radius 1 is 0.433 bits per heavy atom. The summed E-state index contributed by atoms with van der Waals surface area (Å²) in [7, 11) is 3.29. The van der Waals surface area contributed by atoms with E-state index in [1.807, 2.05) is 0 Å². The first-order valence-corrected chi connectivity index (χ1v) is 18.2. The van der Waals surface area contributed by atoms with E-state index in [0.717, 1.165) is 0 Å². The number of hydrogen-bond donors (Lipinski definition) is 8. The smallest absolute Gasteiger partial charge is 0.323 e. The summed E-state index contributed by atoms with van der Waals surface area (Å²) in [4.78, 5) is 87.0. The SMILES string of the molecule is Cn1cc(NC(=O)c2cccc(NC(=O)Nc3cccc(C(=O)Nc4cc(C(=O)Nc5ccc(CC(=O)O)cc5)n(C)c4)c3)c2)cc1C(=O)Nc1ccc(CC(=O)O)cc1. The molecule has 0 aliphatic heterocycles. The second-order valence-electron chi connectivity index (χ2n) is 13.5. The topological polar surface area (TPSA) is 242 Å². The number of urea groups is 1. The molecule has 2 aromatic heterocycles. The van der Waals surface area contributed by atoms with E-state index in [0.29, 0.717) is 45.3 Å². The van der Waals surface area contributed by atoms with E-state index in [1.54, 1.807) is 121 Å². The van der Waals surface area contributed by atoms with Crippen molar-refractivity contribution in [3.8, 4) is 0 Å². The van der Waals surface area contributed by atoms with Gasteiger partial charge in [0, 0.05) is 60.4 Å². The molecule has 0 fully saturated rings. The summed E-state index contributed by atoms with van der Waals surface area (Å²) < 4.78 is 3.08. The standard InChI is InChI=1S/C43H38N8O9/c1-50-23-33(21-35(50)41(58)44-29-13-9-25(10-14-29)17-37(52)53)46-39(56)27-5-3-7-31(19-27)48-43(60)49-32-8-4-6-28(20-32)40(57)47-34-22-36(51(2)24-34)42(59)45-30-15-11-26(12-16-30)18-38(54)55/h3-16,19-24H,17-18H2,1-2H3,(H,44,58)(H,45,59)(H,46,56)(H,47,57)(H,52,53)(H,54,55)(H2,48,49,60). The van der Waals surface area contributed by atoms with Gasteiger partial charge in [0.05, 0.1) is 24.2 Å². The highest BCUT2D eigenvalue weighted by atomic mass is 16.4. The maximum Gasteiger partial charge on any atom is 0.323 e. The molecule has 0 saturated heterocycles. The van der Waals surface area contributed by atoms with Crippen molar-refractivity contribution in [3.63, 3.8) is 0 Å². The number of anilines is 6. The molecule has 17 heteroatoms. The van der Waals surface area contributed by atoms with Gasteiger partial charge in [-0.25, -0.2) is 4.79 Å². The molecule has 0 aliphatic rings. The van der Waals surface area contributed by atoms with E-state index >= 15 is 0 Å². The molecule has 0 bridgehead atoms. The maximum absolute atomic E-state index is 13.2. The van der Waals surface area contributed by atoms with Crippen molar-refractivity contribution in [2.75, 3.05) is 31.9 Å². The summed E-state index contributed by atoms with van der Waals surface area (Å²) >= 11 is 0. The van der Waals surface area contributed by atoms with Gasteiger partial charge in [0.1, 0.15) is 11.4 Å². The zero-order valence-electron chi connectivity index (χ0n) is 32.1. The normalized spacial score (nSPS) is 10.6. The van der Waals surface area contributed by atoms with Gasteiger partial charge in [0.15, 0.2) is 0 Å². The number of rotatable bonds is 14. The molecule has 304 valence electrons. The number of nitrogens with one attached hydrogen (secondary N) is 6. The third kappa shape index (κ3) is 10.9. The minimum atomic E-state index is -0.961. The van der Waals surface area contributed by atoms with Crippen LogP contribution < -0.4 is 31.9 Å². The molecule has 0 saturated carbocycles. The van der Waals surface area contributed by atoms with Crippen LogP contribution in [0.1, 0.15) is 52.8 Å². The first-order chi connectivity index (χ1) is 28.7. The Morgan fingerprint density at radius 2 is 0.800 bits per heavy atom. The van der Waals surface area contributed by atoms with Crippen LogP contribution in [0.15, 0.2) is 122 Å². The summed E-state index contributed by atoms with van der Waals surface area (Å²) in [5.41, 5.74) is 4.36. The fraction of sp³-hybridized carbons (Fsp3) is 0.0930. The average Bonchev–Trinajstić information content (AvgIpc) is 3.76. The van der Waals surface area contributed by atoms with Crippen molar-refractivity contribution < 1.29 is 43.8 Å². The Balaban J connectivity index is 1.01. The largest absolute Gasteiger partial charge is 0.481 e. The third-order valence-electron chi connectivity index (χ3n) is 8.89. The van der Waals surface area contributed by atoms with Crippen molar-refractivity contribution in [2.24, 2.45) is 14.1 Å². The van der Waals surface area contributed by atoms with Crippen LogP contribution in [0.5, 0.6) is 0 Å². The van der Waals surface area contributed by atoms with Crippen LogP contribution in [0.3, 0.4) is 0 Å². The van der Waals surface area contributed by atoms with E-state index in [4.69, 9.17) is 10.2 Å². The zero-order valence-corrected chi connectivity index (χ0v) is 32.1. The van der Waals surface area contributed by atoms with Crippen molar-refractivity contribution in [1.82, 2.24) is 9.13 Å². The van der Waals surface area contributed by atoms with Crippen LogP contribution in [0.2, 0.25) is 0 Å². The van der Waals surface area contributed by atoms with Gasteiger partial charge >= 0.3 is 18.0 Å². The lowest BCUT2D eigenvalue weighted by Gasteiger charge is -2.10. The highest BCUT2D eigenvalue weighted by Gasteiger charge is 2.17. The Hall–Kier alpha value is -8.47. The van der Waals surface area contributed by atoms with E-state index < -0.39 is 41.6 Å². The summed E-state index contributed by atoms with van der Waals surface area (Å²) in [6.07, 6.45) is 2.86. The fourth-order valence-electron chi connectivity index (χ4n) is 6.04. The number of nitrogens with zero attached hydrogens (tertiary/aromatic N) is 2. The molecule has 0 spiro atoms. The second kappa shape index (κ2) is 18.2. The van der Waals surface area contributed by atoms with Crippen LogP contribution in [-0.4, -0.2) is 60.9 Å². The highest BCUT2D eigenvalue weighted by molar-refractivity contribution is 6.09. The number of hydrogen-bond acceptors (Lipinski definition) is 7. The van der Waals surface area contributed by atoms with Gasteiger partial charge < -0.3 is 51.2 Å². The van der Waals surface area contributed by atoms with E-state index in [9.17, 15) is 33.6 Å². The number of carbonyl (C=O) groups is 7. The quantitative estimate of drug-likeness (QED) is 0.0617. The first kappa shape index (κ1) is 41.2. The van der Waals surface area contributed by atoms with Crippen LogP contribution in [0, 0.1) is 0 Å². The Morgan fingerprint density at radius 3 is 1.17 bits per heavy atom. The monoisotopic (exact) mass is 810 g/mol. The maximum atomic E-state index is 13.2. The van der Waals surface area contributed by atoms with Crippen LogP contribution in [0.25, 0.3) is 0 Å². The summed E-state index contributed by atoms with van der Waals surface area (Å²) in [6.45, 7) is 0. The van der Waals surface area contributed by atoms with Crippen molar-refractivity contribution in [2.45, 2.75) is 12.8 Å². The molecule has 6 aromatic rings. The van der Waals surface area contributed by atoms with Gasteiger partial charge in [-0.15, -0.1) is 0 Å². The second-order valence-corrected chi connectivity index (χ2v) is 13.5. The fourth-order valence-corrected chi connectivity index (χ4v) is 6.04. The zero-order chi connectivity index (χ0) is 42.9. The predicted molar refractivity (Wildman–Crippen MR) is 224 cm³/mol.